The number of hydrogen-bond donors (Lipinski definition) is 3. The summed E-state index contributed by atoms with van der Waals surface area (Å²) in [5, 5.41) is 9.76. The largest absolute Gasteiger partial charge is 0.357 e. The van der Waals surface area contributed by atoms with Gasteiger partial charge in [0.2, 0.25) is 5.91 Å². The quantitative estimate of drug-likeness (QED) is 0.496. The first-order chi connectivity index (χ1) is 14.0. The lowest BCUT2D eigenvalue weighted by atomic mass is 10.3. The monoisotopic (exact) mass is 418 g/mol. The molecule has 2 heterocycles. The number of aromatic nitrogens is 1. The van der Waals surface area contributed by atoms with Crippen LogP contribution in [-0.2, 0) is 4.79 Å². The minimum atomic E-state index is -0.403. The second-order valence-electron chi connectivity index (χ2n) is 6.64. The molecule has 1 aliphatic heterocycles. The molecule has 1 aromatic carbocycles. The van der Waals surface area contributed by atoms with E-state index in [1.807, 2.05) is 19.1 Å². The van der Waals surface area contributed by atoms with Crippen molar-refractivity contribution in [1.29, 1.82) is 0 Å². The summed E-state index contributed by atoms with van der Waals surface area (Å²) in [5.41, 5.74) is 0.404. The maximum Gasteiger partial charge on any atom is 0.246 e. The number of aliphatic imine (C=N–C) groups is 1. The maximum atomic E-state index is 13.2. The molecule has 29 heavy (non-hydrogen) atoms. The second-order valence-corrected chi connectivity index (χ2v) is 7.05. The van der Waals surface area contributed by atoms with Gasteiger partial charge in [-0.1, -0.05) is 17.7 Å². The van der Waals surface area contributed by atoms with Crippen molar-refractivity contribution >= 4 is 35.0 Å². The van der Waals surface area contributed by atoms with E-state index in [1.54, 1.807) is 18.3 Å². The van der Waals surface area contributed by atoms with E-state index in [-0.39, 0.29) is 18.5 Å². The van der Waals surface area contributed by atoms with E-state index in [9.17, 15) is 9.18 Å². The molecule has 1 aromatic heterocycles. The molecule has 0 radical (unpaired) electrons. The molecule has 1 aliphatic rings. The van der Waals surface area contributed by atoms with Gasteiger partial charge in [0, 0.05) is 37.6 Å². The highest BCUT2D eigenvalue weighted by atomic mass is 35.5. The number of anilines is 2. The van der Waals surface area contributed by atoms with Gasteiger partial charge in [-0.15, -0.1) is 0 Å². The number of hydrogen-bond acceptors (Lipinski definition) is 4. The van der Waals surface area contributed by atoms with Crippen molar-refractivity contribution in [1.82, 2.24) is 15.6 Å². The van der Waals surface area contributed by atoms with E-state index in [0.717, 1.165) is 25.3 Å². The maximum absolute atomic E-state index is 13.2. The van der Waals surface area contributed by atoms with E-state index in [0.29, 0.717) is 23.2 Å². The van der Waals surface area contributed by atoms with Gasteiger partial charge in [0.15, 0.2) is 5.96 Å². The third-order valence-corrected chi connectivity index (χ3v) is 4.70. The first kappa shape index (κ1) is 20.9. The molecule has 1 unspecified atom stereocenters. The SMILES string of the molecule is CCNC(=NCC(=O)Nc1cccc(F)c1)NC1CCN(c2ncccc2Cl)C1. The Hall–Kier alpha value is -2.87. The normalized spacial score (nSPS) is 16.6. The number of carbonyl (C=O) groups is 1. The van der Waals surface area contributed by atoms with Crippen molar-refractivity contribution in [2.24, 2.45) is 4.99 Å². The molecular weight excluding hydrogens is 395 g/mol. The molecular formula is C20H24ClFN6O. The van der Waals surface area contributed by atoms with Crippen LogP contribution in [0.4, 0.5) is 15.9 Å². The van der Waals surface area contributed by atoms with Crippen LogP contribution >= 0.6 is 11.6 Å². The summed E-state index contributed by atoms with van der Waals surface area (Å²) in [5.74, 6) is 0.608. The van der Waals surface area contributed by atoms with Gasteiger partial charge in [0.1, 0.15) is 18.2 Å². The van der Waals surface area contributed by atoms with Crippen LogP contribution in [0.15, 0.2) is 47.6 Å². The van der Waals surface area contributed by atoms with Crippen molar-refractivity contribution in [2.45, 2.75) is 19.4 Å². The smallest absolute Gasteiger partial charge is 0.246 e. The van der Waals surface area contributed by atoms with Gasteiger partial charge in [0.05, 0.1) is 5.02 Å². The minimum absolute atomic E-state index is 0.0750. The predicted octanol–water partition coefficient (Wildman–Crippen LogP) is 2.65. The highest BCUT2D eigenvalue weighted by Gasteiger charge is 2.25. The Labute approximate surface area is 174 Å². The van der Waals surface area contributed by atoms with Crippen LogP contribution in [0, 0.1) is 5.82 Å². The second kappa shape index (κ2) is 10.1. The summed E-state index contributed by atoms with van der Waals surface area (Å²) in [6.45, 7) is 4.11. The van der Waals surface area contributed by atoms with Crippen molar-refractivity contribution in [2.75, 3.05) is 36.4 Å². The van der Waals surface area contributed by atoms with Gasteiger partial charge in [-0.2, -0.15) is 0 Å². The summed E-state index contributed by atoms with van der Waals surface area (Å²) in [4.78, 5) is 22.9. The number of nitrogens with one attached hydrogen (secondary N) is 3. The number of pyridine rings is 1. The molecule has 7 nitrogen and oxygen atoms in total. The number of carbonyl (C=O) groups excluding carboxylic acids is 1. The number of halogens is 2. The molecule has 0 aliphatic carbocycles. The van der Waals surface area contributed by atoms with Gasteiger partial charge in [-0.05, 0) is 43.7 Å². The van der Waals surface area contributed by atoms with E-state index in [1.165, 1.54) is 12.1 Å². The zero-order valence-electron chi connectivity index (χ0n) is 16.2. The molecule has 1 saturated heterocycles. The number of amides is 1. The van der Waals surface area contributed by atoms with E-state index in [2.05, 4.69) is 30.8 Å². The summed E-state index contributed by atoms with van der Waals surface area (Å²) in [7, 11) is 0. The predicted molar refractivity (Wildman–Crippen MR) is 114 cm³/mol. The first-order valence-corrected chi connectivity index (χ1v) is 9.88. The average Bonchev–Trinajstić information content (AvgIpc) is 3.15. The highest BCUT2D eigenvalue weighted by molar-refractivity contribution is 6.32. The Morgan fingerprint density at radius 3 is 3.00 bits per heavy atom. The highest BCUT2D eigenvalue weighted by Crippen LogP contribution is 2.25. The van der Waals surface area contributed by atoms with Crippen LogP contribution < -0.4 is 20.9 Å². The fourth-order valence-electron chi connectivity index (χ4n) is 3.11. The molecule has 154 valence electrons. The Morgan fingerprint density at radius 1 is 1.38 bits per heavy atom. The molecule has 1 fully saturated rings. The van der Waals surface area contributed by atoms with Crippen molar-refractivity contribution in [3.63, 3.8) is 0 Å². The Kier molecular flexibility index (Phi) is 7.24. The lowest BCUT2D eigenvalue weighted by Crippen LogP contribution is -2.45. The van der Waals surface area contributed by atoms with Crippen LogP contribution in [0.5, 0.6) is 0 Å². The Bertz CT molecular complexity index is 878. The van der Waals surface area contributed by atoms with Crippen molar-refractivity contribution in [3.05, 3.63) is 53.4 Å². The fourth-order valence-corrected chi connectivity index (χ4v) is 3.35. The zero-order chi connectivity index (χ0) is 20.6. The van der Waals surface area contributed by atoms with E-state index >= 15 is 0 Å². The van der Waals surface area contributed by atoms with E-state index in [4.69, 9.17) is 11.6 Å². The summed E-state index contributed by atoms with van der Waals surface area (Å²) in [6.07, 6.45) is 2.62. The van der Waals surface area contributed by atoms with Crippen LogP contribution in [0.3, 0.4) is 0 Å². The van der Waals surface area contributed by atoms with Crippen LogP contribution in [0.1, 0.15) is 13.3 Å². The van der Waals surface area contributed by atoms with Crippen LogP contribution in [0.2, 0.25) is 5.02 Å². The van der Waals surface area contributed by atoms with Crippen LogP contribution in [-0.4, -0.2) is 49.1 Å². The first-order valence-electron chi connectivity index (χ1n) is 9.51. The molecule has 1 atom stereocenters. The number of rotatable bonds is 6. The Balaban J connectivity index is 1.55. The standard InChI is InChI=1S/C20H24ClFN6O/c1-2-23-20(25-12-18(29)26-15-6-3-5-14(22)11-15)27-16-8-10-28(13-16)19-17(21)7-4-9-24-19/h3-7,9,11,16H,2,8,10,12-13H2,1H3,(H,26,29)(H2,23,25,27). The van der Waals surface area contributed by atoms with Gasteiger partial charge in [-0.3, -0.25) is 4.79 Å². The molecule has 0 bridgehead atoms. The summed E-state index contributed by atoms with van der Waals surface area (Å²) in [6, 6.07) is 9.54. The molecule has 9 heteroatoms. The summed E-state index contributed by atoms with van der Waals surface area (Å²) >= 11 is 6.24. The lowest BCUT2D eigenvalue weighted by Gasteiger charge is -2.20. The average molecular weight is 419 g/mol. The third kappa shape index (κ3) is 6.05. The summed E-state index contributed by atoms with van der Waals surface area (Å²) < 4.78 is 13.2. The number of benzene rings is 1. The topological polar surface area (TPSA) is 81.6 Å². The van der Waals surface area contributed by atoms with Gasteiger partial charge in [0.25, 0.3) is 0 Å². The molecule has 0 spiro atoms. The molecule has 1 amide bonds. The van der Waals surface area contributed by atoms with Gasteiger partial charge < -0.3 is 20.9 Å². The van der Waals surface area contributed by atoms with Crippen molar-refractivity contribution in [3.8, 4) is 0 Å². The van der Waals surface area contributed by atoms with Crippen molar-refractivity contribution < 1.29 is 9.18 Å². The molecule has 0 saturated carbocycles. The Morgan fingerprint density at radius 2 is 2.24 bits per heavy atom. The molecule has 3 rings (SSSR count). The van der Waals surface area contributed by atoms with Gasteiger partial charge in [-0.25, -0.2) is 14.4 Å². The fraction of sp³-hybridized carbons (Fsp3) is 0.350. The minimum Gasteiger partial charge on any atom is -0.357 e. The number of nitrogens with zero attached hydrogens (tertiary/aromatic N) is 3. The third-order valence-electron chi connectivity index (χ3n) is 4.40. The zero-order valence-corrected chi connectivity index (χ0v) is 16.9. The van der Waals surface area contributed by atoms with Crippen LogP contribution in [0.25, 0.3) is 0 Å². The number of guanidine groups is 1. The van der Waals surface area contributed by atoms with E-state index < -0.39 is 5.82 Å². The van der Waals surface area contributed by atoms with Gasteiger partial charge >= 0.3 is 0 Å². The molecule has 3 N–H and O–H groups in total. The lowest BCUT2D eigenvalue weighted by molar-refractivity contribution is -0.114. The molecule has 2 aromatic rings.